The van der Waals surface area contributed by atoms with E-state index in [-0.39, 0.29) is 5.38 Å². The summed E-state index contributed by atoms with van der Waals surface area (Å²) in [6.07, 6.45) is 1.06. The van der Waals surface area contributed by atoms with Gasteiger partial charge in [0.15, 0.2) is 0 Å². The van der Waals surface area contributed by atoms with Gasteiger partial charge in [-0.15, -0.1) is 11.6 Å². The van der Waals surface area contributed by atoms with Gasteiger partial charge >= 0.3 is 0 Å². The van der Waals surface area contributed by atoms with Gasteiger partial charge in [-0.3, -0.25) is 0 Å². The minimum Gasteiger partial charge on any atom is -0.326 e. The lowest BCUT2D eigenvalue weighted by molar-refractivity contribution is 0.660. The first-order valence-corrected chi connectivity index (χ1v) is 7.39. The van der Waals surface area contributed by atoms with Crippen molar-refractivity contribution >= 4 is 22.6 Å². The van der Waals surface area contributed by atoms with Gasteiger partial charge in [0.2, 0.25) is 0 Å². The summed E-state index contributed by atoms with van der Waals surface area (Å²) in [5, 5.41) is -0.213. The van der Waals surface area contributed by atoms with E-state index in [0.717, 1.165) is 35.4 Å². The third-order valence-electron chi connectivity index (χ3n) is 3.45. The number of nitrogens with zero attached hydrogens (tertiary/aromatic N) is 2. The van der Waals surface area contributed by atoms with E-state index < -0.39 is 0 Å². The molecule has 2 nitrogen and oxygen atoms in total. The number of imidazole rings is 1. The molecule has 0 spiro atoms. The summed E-state index contributed by atoms with van der Waals surface area (Å²) in [6.45, 7) is 3.11. The van der Waals surface area contributed by atoms with Gasteiger partial charge in [0, 0.05) is 6.54 Å². The Hall–Kier alpha value is -1.80. The van der Waals surface area contributed by atoms with Crippen molar-refractivity contribution in [1.82, 2.24) is 9.55 Å². The van der Waals surface area contributed by atoms with Gasteiger partial charge in [0.1, 0.15) is 11.2 Å². The topological polar surface area (TPSA) is 17.8 Å². The molecule has 3 heteroatoms. The summed E-state index contributed by atoms with van der Waals surface area (Å²) in [6, 6.07) is 18.3. The van der Waals surface area contributed by atoms with E-state index in [1.807, 2.05) is 48.5 Å². The largest absolute Gasteiger partial charge is 0.326 e. The van der Waals surface area contributed by atoms with Crippen molar-refractivity contribution in [2.45, 2.75) is 25.3 Å². The maximum atomic E-state index is 6.66. The first-order chi connectivity index (χ1) is 9.81. The van der Waals surface area contributed by atoms with Crippen molar-refractivity contribution in [2.75, 3.05) is 0 Å². The predicted octanol–water partition coefficient (Wildman–Crippen LogP) is 4.77. The van der Waals surface area contributed by atoms with Gasteiger partial charge in [0.25, 0.3) is 0 Å². The van der Waals surface area contributed by atoms with Gasteiger partial charge in [0.05, 0.1) is 11.0 Å². The predicted molar refractivity (Wildman–Crippen MR) is 84.2 cm³/mol. The minimum absolute atomic E-state index is 0.213. The van der Waals surface area contributed by atoms with Gasteiger partial charge in [-0.2, -0.15) is 0 Å². The molecule has 0 N–H and O–H groups in total. The number of aromatic nitrogens is 2. The fourth-order valence-corrected chi connectivity index (χ4v) is 2.83. The van der Waals surface area contributed by atoms with Crippen LogP contribution in [0.4, 0.5) is 0 Å². The number of para-hydroxylation sites is 2. The van der Waals surface area contributed by atoms with Crippen LogP contribution in [-0.4, -0.2) is 9.55 Å². The molecule has 1 aromatic heterocycles. The molecule has 0 aliphatic heterocycles. The maximum absolute atomic E-state index is 6.66. The molecular formula is C17H17ClN2. The number of benzene rings is 2. The second-order valence-electron chi connectivity index (χ2n) is 4.88. The molecule has 0 saturated heterocycles. The van der Waals surface area contributed by atoms with E-state index in [9.17, 15) is 0 Å². The highest BCUT2D eigenvalue weighted by molar-refractivity contribution is 6.22. The van der Waals surface area contributed by atoms with Crippen molar-refractivity contribution in [1.29, 1.82) is 0 Å². The molecule has 0 radical (unpaired) electrons. The average molecular weight is 285 g/mol. The summed E-state index contributed by atoms with van der Waals surface area (Å²) in [7, 11) is 0. The number of rotatable bonds is 4. The molecule has 3 rings (SSSR count). The molecule has 0 aliphatic carbocycles. The van der Waals surface area contributed by atoms with Crippen LogP contribution < -0.4 is 0 Å². The first-order valence-electron chi connectivity index (χ1n) is 6.95. The Morgan fingerprint density at radius 2 is 1.75 bits per heavy atom. The Bertz CT molecular complexity index is 703. The summed E-state index contributed by atoms with van der Waals surface area (Å²) < 4.78 is 2.24. The molecule has 20 heavy (non-hydrogen) atoms. The first kappa shape index (κ1) is 13.2. The molecule has 0 saturated carbocycles. The van der Waals surface area contributed by atoms with Crippen molar-refractivity contribution < 1.29 is 0 Å². The molecule has 102 valence electrons. The number of aryl methyl sites for hydroxylation is 1. The zero-order valence-electron chi connectivity index (χ0n) is 11.5. The molecule has 0 bridgehead atoms. The van der Waals surface area contributed by atoms with Crippen LogP contribution in [-0.2, 0) is 6.54 Å². The number of fused-ring (bicyclic) bond motifs is 1. The molecule has 1 atom stereocenters. The smallest absolute Gasteiger partial charge is 0.132 e. The molecule has 0 fully saturated rings. The normalized spacial score (nSPS) is 12.7. The van der Waals surface area contributed by atoms with Crippen LogP contribution >= 0.6 is 11.6 Å². The van der Waals surface area contributed by atoms with E-state index in [1.165, 1.54) is 0 Å². The number of hydrogen-bond acceptors (Lipinski definition) is 1. The minimum atomic E-state index is -0.213. The lowest BCUT2D eigenvalue weighted by atomic mass is 10.1. The highest BCUT2D eigenvalue weighted by atomic mass is 35.5. The second kappa shape index (κ2) is 5.68. The highest BCUT2D eigenvalue weighted by Gasteiger charge is 2.19. The summed E-state index contributed by atoms with van der Waals surface area (Å²) in [4.78, 5) is 4.74. The Balaban J connectivity index is 2.12. The van der Waals surface area contributed by atoms with Crippen LogP contribution in [0.2, 0.25) is 0 Å². The molecular weight excluding hydrogens is 268 g/mol. The van der Waals surface area contributed by atoms with Crippen LogP contribution in [0.5, 0.6) is 0 Å². The molecule has 1 heterocycles. The third-order valence-corrected chi connectivity index (χ3v) is 3.90. The van der Waals surface area contributed by atoms with Crippen molar-refractivity contribution in [3.63, 3.8) is 0 Å². The van der Waals surface area contributed by atoms with Crippen LogP contribution in [0.1, 0.15) is 30.1 Å². The van der Waals surface area contributed by atoms with E-state index in [1.54, 1.807) is 0 Å². The van der Waals surface area contributed by atoms with Gasteiger partial charge in [-0.25, -0.2) is 4.98 Å². The Kier molecular flexibility index (Phi) is 3.75. The molecule has 0 aliphatic rings. The molecule has 0 amide bonds. The number of hydrogen-bond donors (Lipinski definition) is 0. The molecule has 2 aromatic carbocycles. The quantitative estimate of drug-likeness (QED) is 0.631. The van der Waals surface area contributed by atoms with Crippen LogP contribution in [0, 0.1) is 0 Å². The van der Waals surface area contributed by atoms with Crippen LogP contribution in [0.25, 0.3) is 11.0 Å². The second-order valence-corrected chi connectivity index (χ2v) is 5.32. The summed E-state index contributed by atoms with van der Waals surface area (Å²) in [5.74, 6) is 0.931. The van der Waals surface area contributed by atoms with Crippen LogP contribution in [0.15, 0.2) is 54.6 Å². The fraction of sp³-hybridized carbons (Fsp3) is 0.235. The monoisotopic (exact) mass is 284 g/mol. The van der Waals surface area contributed by atoms with Gasteiger partial charge < -0.3 is 4.57 Å². The lowest BCUT2D eigenvalue weighted by Crippen LogP contribution is -2.06. The zero-order valence-corrected chi connectivity index (χ0v) is 12.2. The van der Waals surface area contributed by atoms with E-state index in [2.05, 4.69) is 17.6 Å². The zero-order chi connectivity index (χ0) is 13.9. The highest BCUT2D eigenvalue weighted by Crippen LogP contribution is 2.30. The molecule has 1 unspecified atom stereocenters. The maximum Gasteiger partial charge on any atom is 0.132 e. The average Bonchev–Trinajstić information content (AvgIpc) is 2.87. The number of halogens is 1. The van der Waals surface area contributed by atoms with E-state index >= 15 is 0 Å². The third kappa shape index (κ3) is 2.32. The number of alkyl halides is 1. The Morgan fingerprint density at radius 3 is 2.50 bits per heavy atom. The van der Waals surface area contributed by atoms with E-state index in [4.69, 9.17) is 16.6 Å². The summed E-state index contributed by atoms with van der Waals surface area (Å²) >= 11 is 6.66. The lowest BCUT2D eigenvalue weighted by Gasteiger charge is -2.12. The van der Waals surface area contributed by atoms with E-state index in [0.29, 0.717) is 0 Å². The van der Waals surface area contributed by atoms with Crippen molar-refractivity contribution in [2.24, 2.45) is 0 Å². The Morgan fingerprint density at radius 1 is 1.05 bits per heavy atom. The fourth-order valence-electron chi connectivity index (χ4n) is 2.52. The molecule has 3 aromatic rings. The Labute approximate surface area is 124 Å². The van der Waals surface area contributed by atoms with Crippen molar-refractivity contribution in [3.8, 4) is 0 Å². The van der Waals surface area contributed by atoms with Gasteiger partial charge in [-0.1, -0.05) is 49.4 Å². The van der Waals surface area contributed by atoms with Gasteiger partial charge in [-0.05, 0) is 24.1 Å². The SMILES string of the molecule is CCCn1c(C(Cl)c2ccccc2)nc2ccccc21. The van der Waals surface area contributed by atoms with Crippen LogP contribution in [0.3, 0.4) is 0 Å². The summed E-state index contributed by atoms with van der Waals surface area (Å²) in [5.41, 5.74) is 3.25. The van der Waals surface area contributed by atoms with Crippen molar-refractivity contribution in [3.05, 3.63) is 66.0 Å². The standard InChI is InChI=1S/C17H17ClN2/c1-2-12-20-15-11-7-6-10-14(15)19-17(20)16(18)13-8-4-3-5-9-13/h3-11,16H,2,12H2,1H3.